The van der Waals surface area contributed by atoms with Crippen LogP contribution in [0.15, 0.2) is 29.1 Å². The zero-order valence-corrected chi connectivity index (χ0v) is 11.8. The van der Waals surface area contributed by atoms with Gasteiger partial charge in [0.05, 0.1) is 5.39 Å². The summed E-state index contributed by atoms with van der Waals surface area (Å²) in [6, 6.07) is 7.12. The van der Waals surface area contributed by atoms with Gasteiger partial charge in [-0.3, -0.25) is 9.59 Å². The average Bonchev–Trinajstić information content (AvgIpc) is 2.51. The molecule has 1 fully saturated rings. The normalized spacial score (nSPS) is 18.9. The van der Waals surface area contributed by atoms with Gasteiger partial charge in [-0.25, -0.2) is 4.68 Å². The number of nitrogens with one attached hydrogen (secondary N) is 1. The molecule has 1 aliphatic rings. The molecule has 7 heteroatoms. The number of nitrogens with zero attached hydrogens (tertiary/aromatic N) is 4. The van der Waals surface area contributed by atoms with Crippen molar-refractivity contribution >= 4 is 16.8 Å². The summed E-state index contributed by atoms with van der Waals surface area (Å²) < 4.78 is 1.14. The Morgan fingerprint density at radius 2 is 2.24 bits per heavy atom. The van der Waals surface area contributed by atoms with Crippen LogP contribution < -0.4 is 10.9 Å². The predicted molar refractivity (Wildman–Crippen MR) is 77.8 cm³/mol. The lowest BCUT2D eigenvalue weighted by Gasteiger charge is -2.33. The van der Waals surface area contributed by atoms with Crippen LogP contribution in [0.4, 0.5) is 0 Å². The van der Waals surface area contributed by atoms with E-state index in [1.54, 1.807) is 29.2 Å². The van der Waals surface area contributed by atoms with Crippen molar-refractivity contribution in [2.45, 2.75) is 19.5 Å². The van der Waals surface area contributed by atoms with Crippen LogP contribution in [0.2, 0.25) is 0 Å². The molecule has 0 aliphatic carbocycles. The third-order valence-corrected chi connectivity index (χ3v) is 3.74. The number of piperazine rings is 1. The summed E-state index contributed by atoms with van der Waals surface area (Å²) in [6.07, 6.45) is 0. The van der Waals surface area contributed by atoms with Crippen LogP contribution in [0.1, 0.15) is 6.92 Å². The molecule has 7 nitrogen and oxygen atoms in total. The molecule has 0 spiro atoms. The van der Waals surface area contributed by atoms with E-state index in [0.29, 0.717) is 17.4 Å². The highest BCUT2D eigenvalue weighted by Gasteiger charge is 2.23. The number of carbonyl (C=O) groups is 1. The van der Waals surface area contributed by atoms with Crippen molar-refractivity contribution in [2.24, 2.45) is 0 Å². The van der Waals surface area contributed by atoms with Gasteiger partial charge in [-0.2, -0.15) is 0 Å². The Morgan fingerprint density at radius 3 is 3.05 bits per heavy atom. The van der Waals surface area contributed by atoms with Crippen molar-refractivity contribution < 1.29 is 4.79 Å². The monoisotopic (exact) mass is 287 g/mol. The van der Waals surface area contributed by atoms with E-state index in [2.05, 4.69) is 15.6 Å². The number of benzene rings is 1. The molecular formula is C14H17N5O2. The fourth-order valence-corrected chi connectivity index (χ4v) is 2.56. The Hall–Kier alpha value is -2.28. The Kier molecular flexibility index (Phi) is 3.66. The molecule has 1 aromatic heterocycles. The number of rotatable bonds is 2. The fourth-order valence-electron chi connectivity index (χ4n) is 2.56. The minimum atomic E-state index is -0.281. The molecule has 1 saturated heterocycles. The number of amides is 1. The molecule has 1 aromatic carbocycles. The largest absolute Gasteiger partial charge is 0.336 e. The zero-order chi connectivity index (χ0) is 14.8. The molecule has 2 aromatic rings. The van der Waals surface area contributed by atoms with Crippen molar-refractivity contribution in [2.75, 3.05) is 19.6 Å². The lowest BCUT2D eigenvalue weighted by Crippen LogP contribution is -2.53. The van der Waals surface area contributed by atoms with E-state index in [1.165, 1.54) is 0 Å². The van der Waals surface area contributed by atoms with Crippen LogP contribution in [0.5, 0.6) is 0 Å². The standard InChI is InChI=1S/C14H17N5O2/c1-10-8-15-6-7-18(10)13(20)9-19-14(21)11-4-2-3-5-12(11)16-17-19/h2-5,10,15H,6-9H2,1H3/t10-/m1/s1. The van der Waals surface area contributed by atoms with Gasteiger partial charge in [0.25, 0.3) is 5.56 Å². The van der Waals surface area contributed by atoms with Gasteiger partial charge in [-0.05, 0) is 19.1 Å². The average molecular weight is 287 g/mol. The second-order valence-electron chi connectivity index (χ2n) is 5.21. The predicted octanol–water partition coefficient (Wildman–Crippen LogP) is -0.388. The highest BCUT2D eigenvalue weighted by Crippen LogP contribution is 2.05. The molecule has 1 aliphatic heterocycles. The second-order valence-corrected chi connectivity index (χ2v) is 5.21. The van der Waals surface area contributed by atoms with Gasteiger partial charge in [0.15, 0.2) is 0 Å². The number of fused-ring (bicyclic) bond motifs is 1. The van der Waals surface area contributed by atoms with Crippen LogP contribution in [-0.4, -0.2) is 51.5 Å². The molecule has 2 heterocycles. The first-order chi connectivity index (χ1) is 10.2. The molecular weight excluding hydrogens is 270 g/mol. The summed E-state index contributed by atoms with van der Waals surface area (Å²) >= 11 is 0. The Bertz CT molecular complexity index is 727. The molecule has 1 atom stereocenters. The van der Waals surface area contributed by atoms with Crippen LogP contribution >= 0.6 is 0 Å². The van der Waals surface area contributed by atoms with Gasteiger partial charge in [-0.1, -0.05) is 17.3 Å². The maximum absolute atomic E-state index is 12.3. The molecule has 0 saturated carbocycles. The van der Waals surface area contributed by atoms with E-state index in [4.69, 9.17) is 0 Å². The molecule has 1 amide bonds. The number of hydrogen-bond donors (Lipinski definition) is 1. The first-order valence-corrected chi connectivity index (χ1v) is 6.99. The maximum atomic E-state index is 12.3. The lowest BCUT2D eigenvalue weighted by molar-refractivity contribution is -0.134. The van der Waals surface area contributed by atoms with Gasteiger partial charge >= 0.3 is 0 Å². The van der Waals surface area contributed by atoms with Crippen molar-refractivity contribution in [1.82, 2.24) is 25.2 Å². The topological polar surface area (TPSA) is 80.1 Å². The third kappa shape index (κ3) is 2.64. The summed E-state index contributed by atoms with van der Waals surface area (Å²) in [4.78, 5) is 26.4. The minimum absolute atomic E-state index is 0.0684. The molecule has 0 unspecified atom stereocenters. The highest BCUT2D eigenvalue weighted by molar-refractivity contribution is 5.78. The molecule has 21 heavy (non-hydrogen) atoms. The van der Waals surface area contributed by atoms with E-state index < -0.39 is 0 Å². The summed E-state index contributed by atoms with van der Waals surface area (Å²) in [7, 11) is 0. The summed E-state index contributed by atoms with van der Waals surface area (Å²) in [6.45, 7) is 4.11. The second kappa shape index (κ2) is 5.61. The summed E-state index contributed by atoms with van der Waals surface area (Å²) in [5.41, 5.74) is 0.262. The van der Waals surface area contributed by atoms with E-state index in [0.717, 1.165) is 17.8 Å². The van der Waals surface area contributed by atoms with Crippen LogP contribution in [0, 0.1) is 0 Å². The van der Waals surface area contributed by atoms with Crippen LogP contribution in [0.3, 0.4) is 0 Å². The van der Waals surface area contributed by atoms with Crippen LogP contribution in [-0.2, 0) is 11.3 Å². The lowest BCUT2D eigenvalue weighted by atomic mass is 10.2. The van der Waals surface area contributed by atoms with E-state index in [1.807, 2.05) is 6.92 Å². The first kappa shape index (κ1) is 13.7. The SMILES string of the molecule is C[C@@H]1CNCCN1C(=O)Cn1nnc2ccccc2c1=O. The summed E-state index contributed by atoms with van der Waals surface area (Å²) in [5, 5.41) is 11.6. The molecule has 0 bridgehead atoms. The third-order valence-electron chi connectivity index (χ3n) is 3.74. The number of aromatic nitrogens is 3. The molecule has 110 valence electrons. The number of carbonyl (C=O) groups excluding carboxylic acids is 1. The Morgan fingerprint density at radius 1 is 1.43 bits per heavy atom. The van der Waals surface area contributed by atoms with E-state index in [-0.39, 0.29) is 24.1 Å². The first-order valence-electron chi connectivity index (χ1n) is 6.99. The van der Waals surface area contributed by atoms with Gasteiger partial charge in [0.1, 0.15) is 12.1 Å². The number of hydrogen-bond acceptors (Lipinski definition) is 5. The molecule has 1 N–H and O–H groups in total. The van der Waals surface area contributed by atoms with Gasteiger partial charge in [0.2, 0.25) is 5.91 Å². The summed E-state index contributed by atoms with van der Waals surface area (Å²) in [5.74, 6) is -0.101. The Balaban J connectivity index is 1.86. The fraction of sp³-hybridized carbons (Fsp3) is 0.429. The highest BCUT2D eigenvalue weighted by atomic mass is 16.2. The van der Waals surface area contributed by atoms with E-state index in [9.17, 15) is 9.59 Å². The van der Waals surface area contributed by atoms with Crippen LogP contribution in [0.25, 0.3) is 10.9 Å². The molecule has 0 radical (unpaired) electrons. The van der Waals surface area contributed by atoms with Gasteiger partial charge in [-0.15, -0.1) is 5.10 Å². The Labute approximate surface area is 121 Å². The molecule has 3 rings (SSSR count). The van der Waals surface area contributed by atoms with Gasteiger partial charge < -0.3 is 10.2 Å². The van der Waals surface area contributed by atoms with Crippen molar-refractivity contribution in [3.05, 3.63) is 34.6 Å². The van der Waals surface area contributed by atoms with Crippen molar-refractivity contribution in [3.63, 3.8) is 0 Å². The zero-order valence-electron chi connectivity index (χ0n) is 11.8. The van der Waals surface area contributed by atoms with E-state index >= 15 is 0 Å². The smallest absolute Gasteiger partial charge is 0.278 e. The van der Waals surface area contributed by atoms with Crippen molar-refractivity contribution in [1.29, 1.82) is 0 Å². The quantitative estimate of drug-likeness (QED) is 0.814. The minimum Gasteiger partial charge on any atom is -0.336 e. The maximum Gasteiger partial charge on any atom is 0.278 e. The van der Waals surface area contributed by atoms with Crippen molar-refractivity contribution in [3.8, 4) is 0 Å². The van der Waals surface area contributed by atoms with Gasteiger partial charge in [0, 0.05) is 25.7 Å².